The zero-order valence-electron chi connectivity index (χ0n) is 18.9. The number of aromatic nitrogens is 1. The fourth-order valence-electron chi connectivity index (χ4n) is 2.66. The Bertz CT molecular complexity index is 911. The van der Waals surface area contributed by atoms with Gasteiger partial charge in [0.15, 0.2) is 10.9 Å². The smallest absolute Gasteiger partial charge is 0.434 e. The Hall–Kier alpha value is -2.40. The van der Waals surface area contributed by atoms with Crippen molar-refractivity contribution in [3.63, 3.8) is 0 Å². The number of aliphatic imine (C=N–C) groups is 1. The van der Waals surface area contributed by atoms with Crippen LogP contribution in [0.5, 0.6) is 5.75 Å². The van der Waals surface area contributed by atoms with Gasteiger partial charge in [-0.2, -0.15) is 4.99 Å². The molecule has 2 rings (SSSR count). The topological polar surface area (TPSA) is 60.8 Å². The van der Waals surface area contributed by atoms with Crippen molar-refractivity contribution in [2.24, 2.45) is 10.4 Å². The Balaban J connectivity index is 2.28. The predicted octanol–water partition coefficient (Wildman–Crippen LogP) is 6.59. The van der Waals surface area contributed by atoms with E-state index in [9.17, 15) is 4.79 Å². The first-order chi connectivity index (χ1) is 13.8. The predicted molar refractivity (Wildman–Crippen MR) is 122 cm³/mol. The minimum absolute atomic E-state index is 0.313. The number of benzene rings is 1. The van der Waals surface area contributed by atoms with Crippen LogP contribution in [0.2, 0.25) is 5.15 Å². The molecule has 0 aliphatic carbocycles. The van der Waals surface area contributed by atoms with Crippen molar-refractivity contribution in [1.29, 1.82) is 0 Å². The summed E-state index contributed by atoms with van der Waals surface area (Å²) in [7, 11) is 0. The van der Waals surface area contributed by atoms with Crippen LogP contribution in [0.3, 0.4) is 0 Å². The molecule has 1 aromatic carbocycles. The van der Waals surface area contributed by atoms with Crippen molar-refractivity contribution in [2.45, 2.75) is 67.1 Å². The van der Waals surface area contributed by atoms with Crippen molar-refractivity contribution in [3.8, 4) is 5.75 Å². The summed E-state index contributed by atoms with van der Waals surface area (Å²) in [6, 6.07) is 11.7. The summed E-state index contributed by atoms with van der Waals surface area (Å²) in [5.74, 6) is 0.506. The summed E-state index contributed by atoms with van der Waals surface area (Å²) >= 11 is 6.31. The number of halogens is 1. The van der Waals surface area contributed by atoms with Gasteiger partial charge >= 0.3 is 6.09 Å². The lowest BCUT2D eigenvalue weighted by Crippen LogP contribution is -2.27. The van der Waals surface area contributed by atoms with E-state index in [1.165, 1.54) is 0 Å². The summed E-state index contributed by atoms with van der Waals surface area (Å²) in [5, 5.41) is 0.313. The highest BCUT2D eigenvalue weighted by Gasteiger charge is 2.24. The average Bonchev–Trinajstić information content (AvgIpc) is 2.60. The van der Waals surface area contributed by atoms with E-state index >= 15 is 0 Å². The van der Waals surface area contributed by atoms with Gasteiger partial charge in [-0.15, -0.1) is 0 Å². The molecule has 0 saturated carbocycles. The number of aryl methyl sites for hydroxylation is 1. The molecule has 0 N–H and O–H groups in total. The van der Waals surface area contributed by atoms with Gasteiger partial charge in [0, 0.05) is 23.2 Å². The summed E-state index contributed by atoms with van der Waals surface area (Å²) < 4.78 is 11.3. The highest BCUT2D eigenvalue weighted by molar-refractivity contribution is 6.30. The molecule has 5 nitrogen and oxygen atoms in total. The third-order valence-electron chi connectivity index (χ3n) is 4.32. The summed E-state index contributed by atoms with van der Waals surface area (Å²) in [5.41, 5.74) is 2.50. The number of carbonyl (C=O) groups is 1. The van der Waals surface area contributed by atoms with Gasteiger partial charge in [-0.1, -0.05) is 62.7 Å². The molecular weight excluding hydrogens is 400 g/mol. The largest absolute Gasteiger partial charge is 0.486 e. The van der Waals surface area contributed by atoms with Crippen LogP contribution in [0, 0.1) is 12.3 Å². The van der Waals surface area contributed by atoms with Crippen molar-refractivity contribution in [2.75, 3.05) is 0 Å². The summed E-state index contributed by atoms with van der Waals surface area (Å²) in [6.07, 6.45) is -0.145. The third kappa shape index (κ3) is 7.45. The van der Waals surface area contributed by atoms with E-state index < -0.39 is 11.7 Å². The lowest BCUT2D eigenvalue weighted by molar-refractivity contribution is 0.0602. The molecule has 1 heterocycles. The van der Waals surface area contributed by atoms with Gasteiger partial charge in [-0.3, -0.25) is 0 Å². The molecule has 2 aromatic rings. The van der Waals surface area contributed by atoms with Crippen LogP contribution in [0.1, 0.15) is 58.4 Å². The highest BCUT2D eigenvalue weighted by atomic mass is 35.5. The molecule has 0 aliphatic rings. The lowest BCUT2D eigenvalue weighted by atomic mass is 9.86. The SMILES string of the molecule is Cc1nc(Cl)c(OCc2ccccc2)cc1C/C(=N/C(=O)OC(C)(C)C)C(C)(C)C. The Morgan fingerprint density at radius 3 is 2.30 bits per heavy atom. The van der Waals surface area contributed by atoms with Gasteiger partial charge in [0.1, 0.15) is 12.2 Å². The molecule has 162 valence electrons. The van der Waals surface area contributed by atoms with Crippen molar-refractivity contribution in [1.82, 2.24) is 4.98 Å². The maximum atomic E-state index is 12.3. The summed E-state index contributed by atoms with van der Waals surface area (Å²) in [4.78, 5) is 21.0. The maximum Gasteiger partial charge on any atom is 0.434 e. The van der Waals surface area contributed by atoms with Crippen LogP contribution < -0.4 is 4.74 Å². The Kier molecular flexibility index (Phi) is 7.64. The lowest BCUT2D eigenvalue weighted by Gasteiger charge is -2.24. The maximum absolute atomic E-state index is 12.3. The van der Waals surface area contributed by atoms with Crippen LogP contribution in [0.15, 0.2) is 41.4 Å². The van der Waals surface area contributed by atoms with Crippen LogP contribution >= 0.6 is 11.6 Å². The van der Waals surface area contributed by atoms with Crippen LogP contribution in [0.25, 0.3) is 0 Å². The first-order valence-electron chi connectivity index (χ1n) is 9.99. The van der Waals surface area contributed by atoms with Gasteiger partial charge in [0.2, 0.25) is 0 Å². The average molecular weight is 431 g/mol. The Morgan fingerprint density at radius 1 is 1.10 bits per heavy atom. The molecule has 0 unspecified atom stereocenters. The Labute approximate surface area is 184 Å². The van der Waals surface area contributed by atoms with Crippen molar-refractivity contribution in [3.05, 3.63) is 58.4 Å². The number of hydrogen-bond donors (Lipinski definition) is 0. The van der Waals surface area contributed by atoms with Gasteiger partial charge in [-0.05, 0) is 44.9 Å². The molecular formula is C24H31ClN2O3. The minimum atomic E-state index is -0.597. The summed E-state index contributed by atoms with van der Waals surface area (Å²) in [6.45, 7) is 13.8. The number of nitrogens with zero attached hydrogens (tertiary/aromatic N) is 2. The second kappa shape index (κ2) is 9.61. The zero-order chi connectivity index (χ0) is 22.5. The highest BCUT2D eigenvalue weighted by Crippen LogP contribution is 2.29. The zero-order valence-corrected chi connectivity index (χ0v) is 19.6. The van der Waals surface area contributed by atoms with E-state index in [2.05, 4.69) is 9.98 Å². The molecule has 6 heteroatoms. The van der Waals surface area contributed by atoms with Gasteiger partial charge < -0.3 is 9.47 Å². The molecule has 0 bridgehead atoms. The number of amides is 1. The molecule has 0 saturated heterocycles. The molecule has 0 spiro atoms. The monoisotopic (exact) mass is 430 g/mol. The van der Waals surface area contributed by atoms with Crippen LogP contribution in [-0.4, -0.2) is 22.4 Å². The number of pyridine rings is 1. The van der Waals surface area contributed by atoms with E-state index in [4.69, 9.17) is 21.1 Å². The molecule has 1 amide bonds. The second-order valence-electron chi connectivity index (χ2n) is 9.26. The molecule has 0 atom stereocenters. The first-order valence-corrected chi connectivity index (χ1v) is 10.4. The van der Waals surface area contributed by atoms with Crippen molar-refractivity contribution >= 4 is 23.4 Å². The number of hydrogen-bond acceptors (Lipinski definition) is 4. The number of ether oxygens (including phenoxy) is 2. The van der Waals surface area contributed by atoms with E-state index in [0.717, 1.165) is 16.8 Å². The minimum Gasteiger partial charge on any atom is -0.486 e. The third-order valence-corrected chi connectivity index (χ3v) is 4.59. The van der Waals surface area contributed by atoms with E-state index in [1.54, 1.807) is 0 Å². The first kappa shape index (κ1) is 23.9. The van der Waals surface area contributed by atoms with E-state index in [-0.39, 0.29) is 5.41 Å². The van der Waals surface area contributed by atoms with Crippen LogP contribution in [0.4, 0.5) is 4.79 Å². The normalized spacial score (nSPS) is 12.6. The van der Waals surface area contributed by atoms with Gasteiger partial charge in [-0.25, -0.2) is 9.78 Å². The van der Waals surface area contributed by atoms with E-state index in [0.29, 0.717) is 29.6 Å². The second-order valence-corrected chi connectivity index (χ2v) is 9.62. The molecule has 30 heavy (non-hydrogen) atoms. The molecule has 0 aliphatic heterocycles. The van der Waals surface area contributed by atoms with Crippen molar-refractivity contribution < 1.29 is 14.3 Å². The fourth-order valence-corrected chi connectivity index (χ4v) is 2.90. The van der Waals surface area contributed by atoms with E-state index in [1.807, 2.05) is 84.9 Å². The number of carbonyl (C=O) groups excluding carboxylic acids is 1. The molecule has 0 radical (unpaired) electrons. The van der Waals surface area contributed by atoms with Crippen LogP contribution in [-0.2, 0) is 17.8 Å². The number of rotatable bonds is 5. The van der Waals surface area contributed by atoms with Gasteiger partial charge in [0.05, 0.1) is 0 Å². The fraction of sp³-hybridized carbons (Fsp3) is 0.458. The molecule has 0 fully saturated rings. The molecule has 1 aromatic heterocycles. The Morgan fingerprint density at radius 2 is 1.73 bits per heavy atom. The quantitative estimate of drug-likeness (QED) is 0.396. The standard InChI is InChI=1S/C24H31ClN2O3/c1-16-18(14-20(23(2,3)4)27-22(28)30-24(5,6)7)13-19(21(25)26-16)29-15-17-11-9-8-10-12-17/h8-13H,14-15H2,1-7H3/b27-20-. The van der Waals surface area contributed by atoms with Gasteiger partial charge in [0.25, 0.3) is 0 Å².